The lowest BCUT2D eigenvalue weighted by Gasteiger charge is -2.50. The third-order valence-electron chi connectivity index (χ3n) is 3.30. The van der Waals surface area contributed by atoms with Crippen molar-refractivity contribution < 1.29 is 18.6 Å². The van der Waals surface area contributed by atoms with Crippen molar-refractivity contribution in [3.63, 3.8) is 0 Å². The van der Waals surface area contributed by atoms with Crippen LogP contribution in [0.4, 0.5) is 0 Å². The first kappa shape index (κ1) is 15.1. The summed E-state index contributed by atoms with van der Waals surface area (Å²) in [6.07, 6.45) is 3.89. The summed E-state index contributed by atoms with van der Waals surface area (Å²) in [6.45, 7) is 7.79. The van der Waals surface area contributed by atoms with Gasteiger partial charge in [0.2, 0.25) is 11.6 Å². The summed E-state index contributed by atoms with van der Waals surface area (Å²) in [5.41, 5.74) is 0. The molecule has 1 fully saturated rings. The summed E-state index contributed by atoms with van der Waals surface area (Å²) in [4.78, 5) is 0. The van der Waals surface area contributed by atoms with Gasteiger partial charge in [-0.3, -0.25) is 0 Å². The zero-order chi connectivity index (χ0) is 12.8. The van der Waals surface area contributed by atoms with Gasteiger partial charge in [-0.05, 0) is 33.6 Å². The fourth-order valence-corrected chi connectivity index (χ4v) is 3.33. The molecule has 0 heterocycles. The molecule has 0 aromatic rings. The zero-order valence-corrected chi connectivity index (χ0v) is 13.6. The fourth-order valence-electron chi connectivity index (χ4n) is 2.70. The average Bonchev–Trinajstić information content (AvgIpc) is 2.33. The van der Waals surface area contributed by atoms with Crippen LogP contribution in [0.5, 0.6) is 0 Å². The van der Waals surface area contributed by atoms with Crippen molar-refractivity contribution in [3.8, 4) is 0 Å². The molecule has 5 heteroatoms. The maximum Gasteiger partial charge on any atom is 0.222 e. The first-order chi connectivity index (χ1) is 8.20. The van der Waals surface area contributed by atoms with Gasteiger partial charge in [-0.15, -0.1) is 0 Å². The van der Waals surface area contributed by atoms with Gasteiger partial charge in [0.1, 0.15) is 10.5 Å². The van der Waals surface area contributed by atoms with Gasteiger partial charge in [-0.2, -0.15) is 0 Å². The molecule has 1 saturated carbocycles. The average molecular weight is 262 g/mol. The Kier molecular flexibility index (Phi) is 6.09. The second-order valence-electron chi connectivity index (χ2n) is 4.22. The second kappa shape index (κ2) is 6.85. The quantitative estimate of drug-likeness (QED) is 0.513. The Morgan fingerprint density at radius 1 is 0.824 bits per heavy atom. The van der Waals surface area contributed by atoms with E-state index in [-0.39, 0.29) is 0 Å². The minimum Gasteiger partial charge on any atom is -0.397 e. The van der Waals surface area contributed by atoms with Crippen LogP contribution in [0.2, 0.25) is 0 Å². The Hall–Kier alpha value is 0.0569. The van der Waals surface area contributed by atoms with Gasteiger partial charge >= 0.3 is 0 Å². The van der Waals surface area contributed by atoms with E-state index in [9.17, 15) is 0 Å². The molecule has 0 N–H and O–H groups in total. The smallest absolute Gasteiger partial charge is 0.222 e. The molecule has 102 valence electrons. The van der Waals surface area contributed by atoms with E-state index < -0.39 is 11.6 Å². The Labute approximate surface area is 107 Å². The van der Waals surface area contributed by atoms with E-state index in [0.29, 0.717) is 30.3 Å². The molecule has 0 saturated heterocycles. The molecule has 0 aliphatic heterocycles. The topological polar surface area (TPSA) is 36.9 Å². The van der Waals surface area contributed by atoms with E-state index in [2.05, 4.69) is 0 Å². The first-order valence-corrected chi connectivity index (χ1v) is 7.49. The van der Waals surface area contributed by atoms with Crippen molar-refractivity contribution >= 4 is 10.5 Å². The lowest BCUT2D eigenvalue weighted by Crippen LogP contribution is -2.62. The van der Waals surface area contributed by atoms with Gasteiger partial charge in [0.15, 0.2) is 0 Å². The molecular weight excluding hydrogens is 236 g/mol. The van der Waals surface area contributed by atoms with E-state index in [0.717, 1.165) is 25.7 Å². The van der Waals surface area contributed by atoms with Crippen LogP contribution < -0.4 is 0 Å². The van der Waals surface area contributed by atoms with Crippen molar-refractivity contribution in [2.24, 2.45) is 0 Å². The molecule has 1 unspecified atom stereocenters. The summed E-state index contributed by atoms with van der Waals surface area (Å²) < 4.78 is 23.6. The molecule has 17 heavy (non-hydrogen) atoms. The van der Waals surface area contributed by atoms with E-state index in [4.69, 9.17) is 18.6 Å². The maximum absolute atomic E-state index is 5.92. The summed E-state index contributed by atoms with van der Waals surface area (Å²) in [5.74, 6) is -1.41. The van der Waals surface area contributed by atoms with E-state index in [1.807, 2.05) is 20.8 Å². The van der Waals surface area contributed by atoms with Crippen molar-refractivity contribution in [2.75, 3.05) is 19.8 Å². The van der Waals surface area contributed by atoms with E-state index >= 15 is 0 Å². The Morgan fingerprint density at radius 3 is 1.65 bits per heavy atom. The van der Waals surface area contributed by atoms with Gasteiger partial charge in [0.05, 0.1) is 0 Å². The number of hydrogen-bond acceptors (Lipinski definition) is 4. The maximum atomic E-state index is 5.92. The van der Waals surface area contributed by atoms with Crippen LogP contribution in [0.25, 0.3) is 0 Å². The highest BCUT2D eigenvalue weighted by Crippen LogP contribution is 2.44. The lowest BCUT2D eigenvalue weighted by atomic mass is 9.87. The standard InChI is InChI=1S/C12H26O4Si/c1-4-13-11(14-5-2)9-7-8-10-12(11,16-17)15-6-3/h4-10H2,1-3,17H3. The van der Waals surface area contributed by atoms with Crippen LogP contribution in [0.3, 0.4) is 0 Å². The van der Waals surface area contributed by atoms with Crippen molar-refractivity contribution in [1.29, 1.82) is 0 Å². The largest absolute Gasteiger partial charge is 0.397 e. The minimum atomic E-state index is -0.716. The van der Waals surface area contributed by atoms with Crippen LogP contribution in [-0.4, -0.2) is 41.9 Å². The van der Waals surface area contributed by atoms with Crippen LogP contribution in [0.15, 0.2) is 0 Å². The minimum absolute atomic E-state index is 0.611. The highest BCUT2D eigenvalue weighted by Gasteiger charge is 2.56. The molecule has 0 spiro atoms. The fraction of sp³-hybridized carbons (Fsp3) is 1.00. The molecule has 1 atom stereocenters. The number of rotatable bonds is 7. The highest BCUT2D eigenvalue weighted by molar-refractivity contribution is 5.98. The van der Waals surface area contributed by atoms with Crippen LogP contribution in [-0.2, 0) is 18.6 Å². The Balaban J connectivity index is 2.99. The van der Waals surface area contributed by atoms with Gasteiger partial charge in [0, 0.05) is 32.7 Å². The second-order valence-corrected chi connectivity index (χ2v) is 4.62. The predicted molar refractivity (Wildman–Crippen MR) is 69.8 cm³/mol. The molecule has 1 aliphatic carbocycles. The van der Waals surface area contributed by atoms with E-state index in [1.165, 1.54) is 0 Å². The molecule has 0 amide bonds. The third-order valence-corrected chi connectivity index (χ3v) is 3.96. The summed E-state index contributed by atoms with van der Waals surface area (Å²) in [7, 11) is 0.619. The summed E-state index contributed by atoms with van der Waals surface area (Å²) in [5, 5.41) is 0. The Morgan fingerprint density at radius 2 is 1.24 bits per heavy atom. The van der Waals surface area contributed by atoms with Crippen molar-refractivity contribution in [2.45, 2.75) is 58.0 Å². The molecule has 0 aromatic heterocycles. The lowest BCUT2D eigenvalue weighted by molar-refractivity contribution is -0.398. The molecule has 4 nitrogen and oxygen atoms in total. The van der Waals surface area contributed by atoms with Crippen molar-refractivity contribution in [3.05, 3.63) is 0 Å². The molecular formula is C12H26O4Si. The van der Waals surface area contributed by atoms with E-state index in [1.54, 1.807) is 0 Å². The molecule has 0 bridgehead atoms. The first-order valence-electron chi connectivity index (χ1n) is 6.67. The van der Waals surface area contributed by atoms with Crippen LogP contribution >= 0.6 is 0 Å². The zero-order valence-electron chi connectivity index (χ0n) is 11.6. The van der Waals surface area contributed by atoms with Crippen LogP contribution in [0.1, 0.15) is 46.5 Å². The number of hydrogen-bond donors (Lipinski definition) is 0. The number of ether oxygens (including phenoxy) is 3. The normalized spacial score (nSPS) is 28.4. The van der Waals surface area contributed by atoms with Gasteiger partial charge < -0.3 is 18.6 Å². The monoisotopic (exact) mass is 262 g/mol. The third kappa shape index (κ3) is 2.90. The van der Waals surface area contributed by atoms with Gasteiger partial charge in [-0.25, -0.2) is 0 Å². The predicted octanol–water partition coefficient (Wildman–Crippen LogP) is 1.36. The van der Waals surface area contributed by atoms with Crippen LogP contribution in [0, 0.1) is 0 Å². The Bertz CT molecular complexity index is 209. The van der Waals surface area contributed by atoms with Gasteiger partial charge in [-0.1, -0.05) is 0 Å². The summed E-state index contributed by atoms with van der Waals surface area (Å²) >= 11 is 0. The molecule has 0 radical (unpaired) electrons. The summed E-state index contributed by atoms with van der Waals surface area (Å²) in [6, 6.07) is 0. The molecule has 1 rings (SSSR count). The van der Waals surface area contributed by atoms with Gasteiger partial charge in [0.25, 0.3) is 0 Å². The van der Waals surface area contributed by atoms with Crippen molar-refractivity contribution in [1.82, 2.24) is 0 Å². The molecule has 1 aliphatic rings. The molecule has 0 aromatic carbocycles. The highest BCUT2D eigenvalue weighted by atomic mass is 28.2. The SMILES string of the molecule is CCOC1(O[SiH3])CCCCC1(OCC)OCC.